The predicted octanol–water partition coefficient (Wildman–Crippen LogP) is 2.81. The van der Waals surface area contributed by atoms with Gasteiger partial charge in [-0.05, 0) is 12.1 Å². The molecule has 0 saturated carbocycles. The Morgan fingerprint density at radius 2 is 2.00 bits per heavy atom. The van der Waals surface area contributed by atoms with Crippen molar-refractivity contribution in [1.82, 2.24) is 20.0 Å². The van der Waals surface area contributed by atoms with E-state index in [0.29, 0.717) is 4.68 Å². The predicted molar refractivity (Wildman–Crippen MR) is 60.8 cm³/mol. The molecule has 0 aliphatic carbocycles. The van der Waals surface area contributed by atoms with Gasteiger partial charge in [-0.3, -0.25) is 10.1 Å². The van der Waals surface area contributed by atoms with Gasteiger partial charge in [0.1, 0.15) is 0 Å². The maximum absolute atomic E-state index is 12.7. The molecule has 0 N–H and O–H groups in total. The summed E-state index contributed by atoms with van der Waals surface area (Å²) in [5, 5.41) is 20.6. The molecule has 0 radical (unpaired) electrons. The lowest BCUT2D eigenvalue weighted by Gasteiger charge is -1.99. The molecule has 0 aliphatic heterocycles. The summed E-state index contributed by atoms with van der Waals surface area (Å²) in [5.41, 5.74) is -2.00. The summed E-state index contributed by atoms with van der Waals surface area (Å²) in [7, 11) is 0. The summed E-state index contributed by atoms with van der Waals surface area (Å²) in [6.45, 7) is 0. The topological polar surface area (TPSA) is 86.7 Å². The monoisotopic (exact) mass is 309 g/mol. The molecule has 11 heteroatoms. The molecule has 2 aromatic heterocycles. The largest absolute Gasteiger partial charge is 0.335 e. The van der Waals surface area contributed by atoms with E-state index in [1.165, 1.54) is 12.1 Å². The van der Waals surface area contributed by atoms with E-state index in [4.69, 9.17) is 23.2 Å². The van der Waals surface area contributed by atoms with Gasteiger partial charge in [0.25, 0.3) is 6.43 Å². The number of alkyl halides is 2. The molecule has 0 aliphatic rings. The molecule has 0 bridgehead atoms. The van der Waals surface area contributed by atoms with Crippen LogP contribution in [0.4, 0.5) is 14.5 Å². The Bertz CT molecular complexity index is 631. The molecule has 0 saturated heterocycles. The quantitative estimate of drug-likeness (QED) is 0.642. The highest BCUT2D eigenvalue weighted by atomic mass is 35.5. The molecule has 0 spiro atoms. The van der Waals surface area contributed by atoms with Crippen molar-refractivity contribution in [3.05, 3.63) is 38.2 Å². The van der Waals surface area contributed by atoms with Crippen molar-refractivity contribution in [2.24, 2.45) is 0 Å². The number of nitro groups is 1. The number of rotatable bonds is 3. The Labute approximate surface area is 113 Å². The highest BCUT2D eigenvalue weighted by Gasteiger charge is 2.33. The number of nitrogens with zero attached hydrogens (tertiary/aromatic N) is 5. The lowest BCUT2D eigenvalue weighted by atomic mass is 10.4. The minimum Gasteiger partial charge on any atom is -0.258 e. The van der Waals surface area contributed by atoms with Crippen LogP contribution in [0.3, 0.4) is 0 Å². The van der Waals surface area contributed by atoms with Crippen molar-refractivity contribution in [1.29, 1.82) is 0 Å². The number of halogens is 4. The molecule has 2 aromatic rings. The van der Waals surface area contributed by atoms with Gasteiger partial charge in [-0.1, -0.05) is 23.2 Å². The van der Waals surface area contributed by atoms with Crippen molar-refractivity contribution in [2.75, 3.05) is 0 Å². The normalized spacial score (nSPS) is 11.0. The fourth-order valence-electron chi connectivity index (χ4n) is 1.29. The second-order valence-corrected chi connectivity index (χ2v) is 3.95. The van der Waals surface area contributed by atoms with Crippen molar-refractivity contribution in [2.45, 2.75) is 6.43 Å². The van der Waals surface area contributed by atoms with E-state index < -0.39 is 27.9 Å². The van der Waals surface area contributed by atoms with Crippen molar-refractivity contribution in [3.8, 4) is 5.82 Å². The van der Waals surface area contributed by atoms with E-state index in [0.717, 1.165) is 0 Å². The molecule has 7 nitrogen and oxygen atoms in total. The molecule has 100 valence electrons. The molecular formula is C8H3Cl2F2N5O2. The zero-order chi connectivity index (χ0) is 14.2. The van der Waals surface area contributed by atoms with Crippen LogP contribution in [-0.4, -0.2) is 24.9 Å². The van der Waals surface area contributed by atoms with E-state index in [1.54, 1.807) is 0 Å². The van der Waals surface area contributed by atoms with Gasteiger partial charge in [0.15, 0.2) is 11.0 Å². The van der Waals surface area contributed by atoms with Crippen molar-refractivity contribution in [3.63, 3.8) is 0 Å². The summed E-state index contributed by atoms with van der Waals surface area (Å²) >= 11 is 11.2. The fourth-order valence-corrected chi connectivity index (χ4v) is 1.69. The molecule has 0 unspecified atom stereocenters. The molecule has 19 heavy (non-hydrogen) atoms. The van der Waals surface area contributed by atoms with Gasteiger partial charge < -0.3 is 0 Å². The molecule has 0 fully saturated rings. The lowest BCUT2D eigenvalue weighted by Crippen LogP contribution is -2.01. The molecular weight excluding hydrogens is 307 g/mol. The first-order valence-electron chi connectivity index (χ1n) is 4.62. The van der Waals surface area contributed by atoms with Crippen LogP contribution in [-0.2, 0) is 0 Å². The van der Waals surface area contributed by atoms with Crippen LogP contribution in [0.1, 0.15) is 12.1 Å². The van der Waals surface area contributed by atoms with Gasteiger partial charge in [-0.2, -0.15) is 9.78 Å². The van der Waals surface area contributed by atoms with Crippen molar-refractivity contribution >= 4 is 28.9 Å². The zero-order valence-electron chi connectivity index (χ0n) is 8.80. The molecule has 0 aromatic carbocycles. The Morgan fingerprint density at radius 3 is 2.42 bits per heavy atom. The molecule has 0 amide bonds. The minimum atomic E-state index is -3.14. The van der Waals surface area contributed by atoms with Crippen molar-refractivity contribution < 1.29 is 13.7 Å². The number of aromatic nitrogens is 4. The van der Waals surface area contributed by atoms with Crippen LogP contribution in [0, 0.1) is 10.1 Å². The third-order valence-electron chi connectivity index (χ3n) is 2.06. The summed E-state index contributed by atoms with van der Waals surface area (Å²) in [5.74, 6) is -0.0654. The van der Waals surface area contributed by atoms with E-state index in [9.17, 15) is 18.9 Å². The Kier molecular flexibility index (Phi) is 3.58. The van der Waals surface area contributed by atoms with Gasteiger partial charge in [-0.25, -0.2) is 8.78 Å². The smallest absolute Gasteiger partial charge is 0.258 e. The second-order valence-electron chi connectivity index (χ2n) is 3.21. The third kappa shape index (κ3) is 2.47. The Balaban J connectivity index is 2.62. The molecule has 0 atom stereocenters. The third-order valence-corrected chi connectivity index (χ3v) is 2.60. The van der Waals surface area contributed by atoms with Crippen LogP contribution < -0.4 is 0 Å². The van der Waals surface area contributed by atoms with E-state index in [-0.39, 0.29) is 11.0 Å². The van der Waals surface area contributed by atoms with E-state index >= 15 is 0 Å². The summed E-state index contributed by atoms with van der Waals surface area (Å²) in [4.78, 5) is 9.69. The van der Waals surface area contributed by atoms with Gasteiger partial charge in [0.2, 0.25) is 10.8 Å². The first kappa shape index (κ1) is 13.6. The summed E-state index contributed by atoms with van der Waals surface area (Å²) < 4.78 is 26.0. The minimum absolute atomic E-state index is 0.0654. The van der Waals surface area contributed by atoms with Crippen LogP contribution in [0.2, 0.25) is 10.3 Å². The lowest BCUT2D eigenvalue weighted by molar-refractivity contribution is -0.386. The SMILES string of the molecule is O=[N+]([O-])c1c(C(F)F)nn(-c2ccc(Cl)nn2)c1Cl. The number of hydrogen-bond acceptors (Lipinski definition) is 5. The van der Waals surface area contributed by atoms with Crippen LogP contribution >= 0.6 is 23.2 Å². The van der Waals surface area contributed by atoms with Gasteiger partial charge in [0.05, 0.1) is 4.92 Å². The van der Waals surface area contributed by atoms with Gasteiger partial charge >= 0.3 is 5.69 Å². The maximum Gasteiger partial charge on any atom is 0.335 e. The highest BCUT2D eigenvalue weighted by Crippen LogP contribution is 2.35. The fraction of sp³-hybridized carbons (Fsp3) is 0.125. The average molecular weight is 310 g/mol. The standard InChI is InChI=1S/C8H3Cl2F2N5O2/c9-3-1-2-4(14-13-3)16-7(10)6(17(18)19)5(15-16)8(11)12/h1-2,8H. The van der Waals surface area contributed by atoms with Crippen LogP contribution in [0.15, 0.2) is 12.1 Å². The number of hydrogen-bond donors (Lipinski definition) is 0. The van der Waals surface area contributed by atoms with Crippen LogP contribution in [0.5, 0.6) is 0 Å². The Hall–Kier alpha value is -1.87. The van der Waals surface area contributed by atoms with E-state index in [2.05, 4.69) is 15.3 Å². The van der Waals surface area contributed by atoms with Gasteiger partial charge in [0, 0.05) is 0 Å². The second kappa shape index (κ2) is 5.02. The summed E-state index contributed by atoms with van der Waals surface area (Å²) in [6.07, 6.45) is -3.14. The first-order valence-corrected chi connectivity index (χ1v) is 5.38. The zero-order valence-corrected chi connectivity index (χ0v) is 10.3. The van der Waals surface area contributed by atoms with E-state index in [1.807, 2.05) is 0 Å². The molecule has 2 rings (SSSR count). The van der Waals surface area contributed by atoms with Gasteiger partial charge in [-0.15, -0.1) is 10.2 Å². The maximum atomic E-state index is 12.7. The average Bonchev–Trinajstić information content (AvgIpc) is 2.68. The molecule has 2 heterocycles. The first-order chi connectivity index (χ1) is 8.91. The summed E-state index contributed by atoms with van der Waals surface area (Å²) in [6, 6.07) is 2.60. The Morgan fingerprint density at radius 1 is 1.32 bits per heavy atom. The highest BCUT2D eigenvalue weighted by molar-refractivity contribution is 6.32. The van der Waals surface area contributed by atoms with Crippen LogP contribution in [0.25, 0.3) is 5.82 Å².